The van der Waals surface area contributed by atoms with Crippen LogP contribution in [-0.2, 0) is 14.3 Å². The summed E-state index contributed by atoms with van der Waals surface area (Å²) in [6, 6.07) is 0. The summed E-state index contributed by atoms with van der Waals surface area (Å²) in [6.45, 7) is 4.40. The highest BCUT2D eigenvalue weighted by atomic mass is 16.5. The van der Waals surface area contributed by atoms with E-state index >= 15 is 0 Å². The average molecular weight is 248 g/mol. The van der Waals surface area contributed by atoms with E-state index in [0.717, 1.165) is 0 Å². The van der Waals surface area contributed by atoms with Gasteiger partial charge >= 0.3 is 0 Å². The van der Waals surface area contributed by atoms with Crippen LogP contribution in [0, 0.1) is 0 Å². The maximum atomic E-state index is 11.4. The molecule has 1 unspecified atom stereocenters. The minimum atomic E-state index is -0.605. The Labute approximate surface area is 103 Å². The van der Waals surface area contributed by atoms with Gasteiger partial charge in [0.25, 0.3) is 0 Å². The number of likely N-dealkylation sites (N-methyl/N-ethyl adjacent to an activating group) is 1. The van der Waals surface area contributed by atoms with E-state index in [0.29, 0.717) is 26.3 Å². The Hall–Kier alpha value is -0.690. The summed E-state index contributed by atoms with van der Waals surface area (Å²) in [7, 11) is 3.34. The highest BCUT2D eigenvalue weighted by Crippen LogP contribution is 1.86. The predicted octanol–water partition coefficient (Wildman–Crippen LogP) is -0.922. The quantitative estimate of drug-likeness (QED) is 0.489. The zero-order valence-corrected chi connectivity index (χ0v) is 10.9. The number of aliphatic hydroxyl groups excluding tert-OH is 1. The molecule has 0 aliphatic rings. The van der Waals surface area contributed by atoms with E-state index in [2.05, 4.69) is 5.32 Å². The van der Waals surface area contributed by atoms with Crippen molar-refractivity contribution in [3.63, 3.8) is 0 Å². The smallest absolute Gasteiger partial charge is 0.236 e. The zero-order chi connectivity index (χ0) is 13.1. The van der Waals surface area contributed by atoms with Crippen molar-refractivity contribution in [2.75, 3.05) is 53.6 Å². The lowest BCUT2D eigenvalue weighted by atomic mass is 10.3. The maximum Gasteiger partial charge on any atom is 0.236 e. The molecule has 0 bridgehead atoms. The molecular formula is C11H24N2O4. The van der Waals surface area contributed by atoms with Crippen molar-refractivity contribution in [2.24, 2.45) is 0 Å². The molecule has 0 aliphatic carbocycles. The maximum absolute atomic E-state index is 11.4. The van der Waals surface area contributed by atoms with Crippen LogP contribution in [0.3, 0.4) is 0 Å². The highest BCUT2D eigenvalue weighted by Gasteiger charge is 2.08. The van der Waals surface area contributed by atoms with Gasteiger partial charge in [-0.1, -0.05) is 0 Å². The van der Waals surface area contributed by atoms with Crippen LogP contribution in [0.15, 0.2) is 0 Å². The van der Waals surface area contributed by atoms with Gasteiger partial charge < -0.3 is 24.8 Å². The van der Waals surface area contributed by atoms with Gasteiger partial charge in [0.15, 0.2) is 0 Å². The van der Waals surface area contributed by atoms with Crippen molar-refractivity contribution >= 4 is 5.91 Å². The lowest BCUT2D eigenvalue weighted by Gasteiger charge is -2.16. The van der Waals surface area contributed by atoms with Crippen LogP contribution in [0.2, 0.25) is 0 Å². The first-order chi connectivity index (χ1) is 8.11. The fourth-order valence-electron chi connectivity index (χ4n) is 1.08. The van der Waals surface area contributed by atoms with Gasteiger partial charge in [0, 0.05) is 27.2 Å². The van der Waals surface area contributed by atoms with Crippen LogP contribution in [0.25, 0.3) is 0 Å². The molecule has 102 valence electrons. The molecule has 0 aromatic carbocycles. The number of methoxy groups -OCH3 is 1. The monoisotopic (exact) mass is 248 g/mol. The van der Waals surface area contributed by atoms with E-state index in [1.807, 2.05) is 6.92 Å². The summed E-state index contributed by atoms with van der Waals surface area (Å²) in [4.78, 5) is 13.0. The Morgan fingerprint density at radius 2 is 2.18 bits per heavy atom. The molecule has 0 aromatic heterocycles. The van der Waals surface area contributed by atoms with Crippen LogP contribution in [0.4, 0.5) is 0 Å². The fraction of sp³-hybridized carbons (Fsp3) is 0.909. The number of hydrogen-bond donors (Lipinski definition) is 2. The van der Waals surface area contributed by atoms with Crippen LogP contribution >= 0.6 is 0 Å². The summed E-state index contributed by atoms with van der Waals surface area (Å²) in [5.41, 5.74) is 0. The Bertz CT molecular complexity index is 202. The molecule has 2 N–H and O–H groups in total. The Kier molecular flexibility index (Phi) is 10.0. The largest absolute Gasteiger partial charge is 0.389 e. The molecule has 1 amide bonds. The fourth-order valence-corrected chi connectivity index (χ4v) is 1.08. The third-order valence-electron chi connectivity index (χ3n) is 2.30. The molecular weight excluding hydrogens is 224 g/mol. The number of aliphatic hydroxyl groups is 1. The van der Waals surface area contributed by atoms with Crippen LogP contribution in [-0.4, -0.2) is 75.6 Å². The molecule has 0 saturated carbocycles. The summed E-state index contributed by atoms with van der Waals surface area (Å²) < 4.78 is 9.95. The second-order valence-electron chi connectivity index (χ2n) is 3.76. The molecule has 0 heterocycles. The van der Waals surface area contributed by atoms with Crippen LogP contribution < -0.4 is 5.32 Å². The minimum absolute atomic E-state index is 0.0139. The Balaban J connectivity index is 3.44. The number of hydrogen-bond acceptors (Lipinski definition) is 5. The first-order valence-electron chi connectivity index (χ1n) is 5.81. The molecule has 0 aromatic rings. The van der Waals surface area contributed by atoms with E-state index in [9.17, 15) is 9.90 Å². The number of carbonyl (C=O) groups excluding carboxylic acids is 1. The summed E-state index contributed by atoms with van der Waals surface area (Å²) in [5, 5.41) is 12.4. The number of rotatable bonds is 10. The van der Waals surface area contributed by atoms with E-state index in [4.69, 9.17) is 9.47 Å². The first-order valence-corrected chi connectivity index (χ1v) is 5.81. The SMILES string of the molecule is CCN(C)C(=O)CNCC(O)COCCOC. The zero-order valence-electron chi connectivity index (χ0n) is 10.9. The van der Waals surface area contributed by atoms with Crippen molar-refractivity contribution in [3.05, 3.63) is 0 Å². The Morgan fingerprint density at radius 3 is 2.76 bits per heavy atom. The molecule has 0 spiro atoms. The van der Waals surface area contributed by atoms with Crippen LogP contribution in [0.5, 0.6) is 0 Å². The molecule has 6 heteroatoms. The minimum Gasteiger partial charge on any atom is -0.389 e. The summed E-state index contributed by atoms with van der Waals surface area (Å²) >= 11 is 0. The summed E-state index contributed by atoms with van der Waals surface area (Å²) in [5.74, 6) is 0.0139. The number of nitrogens with one attached hydrogen (secondary N) is 1. The van der Waals surface area contributed by atoms with Gasteiger partial charge in [-0.3, -0.25) is 4.79 Å². The van der Waals surface area contributed by atoms with Crippen molar-refractivity contribution < 1.29 is 19.4 Å². The van der Waals surface area contributed by atoms with Gasteiger partial charge in [0.2, 0.25) is 5.91 Å². The lowest BCUT2D eigenvalue weighted by molar-refractivity contribution is -0.128. The van der Waals surface area contributed by atoms with E-state index in [1.165, 1.54) is 0 Å². The van der Waals surface area contributed by atoms with Gasteiger partial charge in [0.05, 0.1) is 32.5 Å². The molecule has 1 atom stereocenters. The van der Waals surface area contributed by atoms with E-state index in [-0.39, 0.29) is 19.1 Å². The molecule has 17 heavy (non-hydrogen) atoms. The standard InChI is InChI=1S/C11H24N2O4/c1-4-13(2)11(15)8-12-7-10(14)9-17-6-5-16-3/h10,12,14H,4-9H2,1-3H3. The van der Waals surface area contributed by atoms with Gasteiger partial charge in [-0.05, 0) is 6.92 Å². The molecule has 6 nitrogen and oxygen atoms in total. The van der Waals surface area contributed by atoms with Gasteiger partial charge in [-0.15, -0.1) is 0 Å². The number of ether oxygens (including phenoxy) is 2. The van der Waals surface area contributed by atoms with Crippen LogP contribution in [0.1, 0.15) is 6.92 Å². The van der Waals surface area contributed by atoms with Gasteiger partial charge in [0.1, 0.15) is 0 Å². The van der Waals surface area contributed by atoms with E-state index in [1.54, 1.807) is 19.1 Å². The predicted molar refractivity (Wildman–Crippen MR) is 64.9 cm³/mol. The summed E-state index contributed by atoms with van der Waals surface area (Å²) in [6.07, 6.45) is -0.605. The third-order valence-corrected chi connectivity index (χ3v) is 2.30. The third kappa shape index (κ3) is 9.05. The lowest BCUT2D eigenvalue weighted by Crippen LogP contribution is -2.39. The van der Waals surface area contributed by atoms with Crippen molar-refractivity contribution in [3.8, 4) is 0 Å². The molecule has 0 radical (unpaired) electrons. The van der Waals surface area contributed by atoms with E-state index < -0.39 is 6.10 Å². The van der Waals surface area contributed by atoms with Crippen molar-refractivity contribution in [1.29, 1.82) is 0 Å². The molecule has 0 rings (SSSR count). The number of nitrogens with zero attached hydrogens (tertiary/aromatic N) is 1. The van der Waals surface area contributed by atoms with Crippen molar-refractivity contribution in [1.82, 2.24) is 10.2 Å². The topological polar surface area (TPSA) is 71.0 Å². The highest BCUT2D eigenvalue weighted by molar-refractivity contribution is 5.77. The first kappa shape index (κ1) is 16.3. The Morgan fingerprint density at radius 1 is 1.47 bits per heavy atom. The molecule has 0 saturated heterocycles. The second-order valence-corrected chi connectivity index (χ2v) is 3.76. The number of carbonyl (C=O) groups is 1. The normalized spacial score (nSPS) is 12.5. The molecule has 0 aliphatic heterocycles. The molecule has 0 fully saturated rings. The average Bonchev–Trinajstić information content (AvgIpc) is 2.33. The number of amides is 1. The van der Waals surface area contributed by atoms with Gasteiger partial charge in [-0.25, -0.2) is 0 Å². The second kappa shape index (κ2) is 10.5. The van der Waals surface area contributed by atoms with Crippen molar-refractivity contribution in [2.45, 2.75) is 13.0 Å². The van der Waals surface area contributed by atoms with Gasteiger partial charge in [-0.2, -0.15) is 0 Å².